The molecule has 3 aromatic rings. The first-order valence-corrected chi connectivity index (χ1v) is 6.32. The molecule has 5 heteroatoms. The molecule has 3 heterocycles. The van der Waals surface area contributed by atoms with Crippen LogP contribution < -0.4 is 0 Å². The van der Waals surface area contributed by atoms with Gasteiger partial charge in [0, 0.05) is 25.0 Å². The fourth-order valence-corrected chi connectivity index (χ4v) is 2.27. The molecule has 0 saturated heterocycles. The molecule has 0 spiro atoms. The Hall–Kier alpha value is -2.14. The van der Waals surface area contributed by atoms with Crippen molar-refractivity contribution in [1.82, 2.24) is 19.4 Å². The lowest BCUT2D eigenvalue weighted by Crippen LogP contribution is -1.99. The normalized spacial score (nSPS) is 12.9. The molecule has 98 valence electrons. The number of hydrogen-bond donors (Lipinski definition) is 1. The van der Waals surface area contributed by atoms with E-state index in [1.54, 1.807) is 15.4 Å². The number of aliphatic hydroxyl groups excluding tert-OH is 1. The summed E-state index contributed by atoms with van der Waals surface area (Å²) in [6, 6.07) is 5.84. The van der Waals surface area contributed by atoms with Gasteiger partial charge in [-0.1, -0.05) is 6.07 Å². The minimum atomic E-state index is -0.500. The Kier molecular flexibility index (Phi) is 3.05. The van der Waals surface area contributed by atoms with Crippen LogP contribution in [0.15, 0.2) is 43.0 Å². The molecule has 5 nitrogen and oxygen atoms in total. The molecular weight excluding hydrogens is 240 g/mol. The van der Waals surface area contributed by atoms with E-state index in [2.05, 4.69) is 10.2 Å². The zero-order valence-corrected chi connectivity index (χ0v) is 10.8. The maximum Gasteiger partial charge on any atom is 0.0830 e. The van der Waals surface area contributed by atoms with Crippen molar-refractivity contribution >= 4 is 5.52 Å². The standard InChI is InChI=1S/C14H16N4O/c1-17-10-11(8-15-17)5-6-14(19)12-9-16-18-7-3-2-4-13(12)18/h2-4,7-10,14,19H,5-6H2,1H3. The van der Waals surface area contributed by atoms with Gasteiger partial charge in [0.05, 0.1) is 24.0 Å². The molecule has 3 rings (SSSR count). The van der Waals surface area contributed by atoms with Crippen LogP contribution >= 0.6 is 0 Å². The summed E-state index contributed by atoms with van der Waals surface area (Å²) in [5.41, 5.74) is 2.98. The highest BCUT2D eigenvalue weighted by Crippen LogP contribution is 2.23. The van der Waals surface area contributed by atoms with Gasteiger partial charge in [-0.25, -0.2) is 4.52 Å². The third kappa shape index (κ3) is 2.37. The summed E-state index contributed by atoms with van der Waals surface area (Å²) in [5.74, 6) is 0. The van der Waals surface area contributed by atoms with Gasteiger partial charge in [-0.15, -0.1) is 0 Å². The second kappa shape index (κ2) is 4.85. The van der Waals surface area contributed by atoms with Crippen LogP contribution in [0.25, 0.3) is 5.52 Å². The zero-order valence-electron chi connectivity index (χ0n) is 10.8. The van der Waals surface area contributed by atoms with E-state index < -0.39 is 6.10 Å². The van der Waals surface area contributed by atoms with Gasteiger partial charge in [0.1, 0.15) is 0 Å². The summed E-state index contributed by atoms with van der Waals surface area (Å²) in [6.45, 7) is 0. The predicted molar refractivity (Wildman–Crippen MR) is 71.7 cm³/mol. The molecule has 0 aliphatic carbocycles. The van der Waals surface area contributed by atoms with E-state index in [0.29, 0.717) is 6.42 Å². The third-order valence-electron chi connectivity index (χ3n) is 3.28. The van der Waals surface area contributed by atoms with Crippen LogP contribution in [0.3, 0.4) is 0 Å². The van der Waals surface area contributed by atoms with Gasteiger partial charge in [-0.2, -0.15) is 10.2 Å². The largest absolute Gasteiger partial charge is 0.388 e. The Morgan fingerprint density at radius 1 is 1.26 bits per heavy atom. The maximum absolute atomic E-state index is 10.3. The van der Waals surface area contributed by atoms with Gasteiger partial charge in [0.25, 0.3) is 0 Å². The monoisotopic (exact) mass is 256 g/mol. The molecule has 3 aromatic heterocycles. The lowest BCUT2D eigenvalue weighted by molar-refractivity contribution is 0.169. The molecule has 0 saturated carbocycles. The molecule has 0 fully saturated rings. The SMILES string of the molecule is Cn1cc(CCC(O)c2cnn3ccccc23)cn1. The zero-order chi connectivity index (χ0) is 13.2. The maximum atomic E-state index is 10.3. The first-order valence-electron chi connectivity index (χ1n) is 6.32. The molecule has 19 heavy (non-hydrogen) atoms. The number of aromatic nitrogens is 4. The summed E-state index contributed by atoms with van der Waals surface area (Å²) in [7, 11) is 1.89. The van der Waals surface area contributed by atoms with Gasteiger partial charge < -0.3 is 5.11 Å². The number of pyridine rings is 1. The number of nitrogens with zero attached hydrogens (tertiary/aromatic N) is 4. The van der Waals surface area contributed by atoms with Crippen molar-refractivity contribution in [2.24, 2.45) is 7.05 Å². The van der Waals surface area contributed by atoms with E-state index in [1.807, 2.05) is 43.8 Å². The topological polar surface area (TPSA) is 55.3 Å². The Morgan fingerprint density at radius 2 is 2.16 bits per heavy atom. The van der Waals surface area contributed by atoms with Gasteiger partial charge in [-0.05, 0) is 30.5 Å². The van der Waals surface area contributed by atoms with Crippen molar-refractivity contribution in [3.8, 4) is 0 Å². The summed E-state index contributed by atoms with van der Waals surface area (Å²) in [4.78, 5) is 0. The van der Waals surface area contributed by atoms with Crippen LogP contribution in [0.5, 0.6) is 0 Å². The highest BCUT2D eigenvalue weighted by atomic mass is 16.3. The van der Waals surface area contributed by atoms with E-state index in [4.69, 9.17) is 0 Å². The van der Waals surface area contributed by atoms with Gasteiger partial charge >= 0.3 is 0 Å². The van der Waals surface area contributed by atoms with Crippen LogP contribution in [0.1, 0.15) is 23.7 Å². The highest BCUT2D eigenvalue weighted by Gasteiger charge is 2.13. The number of rotatable bonds is 4. The van der Waals surface area contributed by atoms with E-state index in [1.165, 1.54) is 0 Å². The Bertz CT molecular complexity index is 685. The first-order chi connectivity index (χ1) is 9.24. The summed E-state index contributed by atoms with van der Waals surface area (Å²) in [5, 5.41) is 18.7. The van der Waals surface area contributed by atoms with Crippen molar-refractivity contribution in [2.75, 3.05) is 0 Å². The Morgan fingerprint density at radius 3 is 2.95 bits per heavy atom. The smallest absolute Gasteiger partial charge is 0.0830 e. The van der Waals surface area contributed by atoms with E-state index >= 15 is 0 Å². The fraction of sp³-hybridized carbons (Fsp3) is 0.286. The molecule has 0 aliphatic heterocycles. The fourth-order valence-electron chi connectivity index (χ4n) is 2.27. The van der Waals surface area contributed by atoms with Crippen LogP contribution in [0.4, 0.5) is 0 Å². The molecule has 1 atom stereocenters. The van der Waals surface area contributed by atoms with Crippen molar-refractivity contribution in [3.05, 3.63) is 54.1 Å². The highest BCUT2D eigenvalue weighted by molar-refractivity contribution is 5.54. The average Bonchev–Trinajstić information content (AvgIpc) is 3.02. The van der Waals surface area contributed by atoms with Gasteiger partial charge in [0.15, 0.2) is 0 Å². The van der Waals surface area contributed by atoms with E-state index in [-0.39, 0.29) is 0 Å². The molecule has 0 amide bonds. The van der Waals surface area contributed by atoms with Crippen molar-refractivity contribution in [3.63, 3.8) is 0 Å². The lowest BCUT2D eigenvalue weighted by Gasteiger charge is -2.08. The van der Waals surface area contributed by atoms with Crippen molar-refractivity contribution in [2.45, 2.75) is 18.9 Å². The predicted octanol–water partition coefficient (Wildman–Crippen LogP) is 1.73. The number of fused-ring (bicyclic) bond motifs is 1. The first kappa shape index (κ1) is 11.9. The molecule has 0 bridgehead atoms. The summed E-state index contributed by atoms with van der Waals surface area (Å²) < 4.78 is 3.56. The molecular formula is C14H16N4O. The van der Waals surface area contributed by atoms with Crippen LogP contribution in [0.2, 0.25) is 0 Å². The second-order valence-corrected chi connectivity index (χ2v) is 4.71. The van der Waals surface area contributed by atoms with Gasteiger partial charge in [-0.3, -0.25) is 4.68 Å². The Labute approximate surface area is 111 Å². The van der Waals surface area contributed by atoms with Crippen LogP contribution in [0, 0.1) is 0 Å². The number of hydrogen-bond acceptors (Lipinski definition) is 3. The van der Waals surface area contributed by atoms with E-state index in [9.17, 15) is 5.11 Å². The average molecular weight is 256 g/mol. The molecule has 0 radical (unpaired) electrons. The van der Waals surface area contributed by atoms with Crippen LogP contribution in [-0.4, -0.2) is 24.5 Å². The van der Waals surface area contributed by atoms with E-state index in [0.717, 1.165) is 23.1 Å². The lowest BCUT2D eigenvalue weighted by atomic mass is 10.0. The number of aliphatic hydroxyl groups is 1. The molecule has 1 unspecified atom stereocenters. The molecule has 1 N–H and O–H groups in total. The molecule has 0 aromatic carbocycles. The molecule has 0 aliphatic rings. The Balaban J connectivity index is 1.75. The minimum absolute atomic E-state index is 0.500. The van der Waals surface area contributed by atoms with Gasteiger partial charge in [0.2, 0.25) is 0 Å². The van der Waals surface area contributed by atoms with Crippen LogP contribution in [-0.2, 0) is 13.5 Å². The van der Waals surface area contributed by atoms with Crippen molar-refractivity contribution in [1.29, 1.82) is 0 Å². The summed E-state index contributed by atoms with van der Waals surface area (Å²) in [6.07, 6.45) is 8.41. The third-order valence-corrected chi connectivity index (χ3v) is 3.28. The van der Waals surface area contributed by atoms with Crippen molar-refractivity contribution < 1.29 is 5.11 Å². The number of aryl methyl sites for hydroxylation is 2. The summed E-state index contributed by atoms with van der Waals surface area (Å²) >= 11 is 0. The quantitative estimate of drug-likeness (QED) is 0.773. The minimum Gasteiger partial charge on any atom is -0.388 e. The second-order valence-electron chi connectivity index (χ2n) is 4.71.